The van der Waals surface area contributed by atoms with Gasteiger partial charge in [-0.1, -0.05) is 29.5 Å². The zero-order valence-corrected chi connectivity index (χ0v) is 14.5. The van der Waals surface area contributed by atoms with Crippen LogP contribution in [-0.4, -0.2) is 45.0 Å². The van der Waals surface area contributed by atoms with E-state index in [1.54, 1.807) is 4.68 Å². The van der Waals surface area contributed by atoms with Crippen LogP contribution in [0.1, 0.15) is 5.82 Å². The Balaban J connectivity index is 1.78. The molecule has 0 radical (unpaired) electrons. The fourth-order valence-corrected chi connectivity index (χ4v) is 3.44. The minimum atomic E-state index is -3.07. The summed E-state index contributed by atoms with van der Waals surface area (Å²) in [6.45, 7) is 0.792. The second-order valence-corrected chi connectivity index (χ2v) is 8.29. The van der Waals surface area contributed by atoms with Crippen molar-refractivity contribution >= 4 is 31.9 Å². The molecule has 0 atom stereocenters. The molecule has 0 bridgehead atoms. The van der Waals surface area contributed by atoms with Crippen molar-refractivity contribution in [3.63, 3.8) is 0 Å². The van der Waals surface area contributed by atoms with E-state index >= 15 is 0 Å². The summed E-state index contributed by atoms with van der Waals surface area (Å²) in [7, 11) is -3.07. The third-order valence-corrected chi connectivity index (χ3v) is 5.05. The maximum atomic E-state index is 11.6. The standard InChI is InChI=1S/C17H17N5O2S/c1-25(23,24)11-10-21-15-8-4-2-6-13(15)18-17(21)12-22-16-9-5-3-7-14(16)19-20-22/h2-9H,10-12H2,1H3. The summed E-state index contributed by atoms with van der Waals surface area (Å²) in [4.78, 5) is 4.67. The fourth-order valence-electron chi connectivity index (χ4n) is 2.92. The number of imidazole rings is 1. The third-order valence-electron chi connectivity index (χ3n) is 4.13. The molecule has 0 saturated heterocycles. The van der Waals surface area contributed by atoms with Gasteiger partial charge in [-0.3, -0.25) is 0 Å². The second-order valence-electron chi connectivity index (χ2n) is 6.03. The zero-order chi connectivity index (χ0) is 17.4. The number of nitrogens with zero attached hydrogens (tertiary/aromatic N) is 5. The van der Waals surface area contributed by atoms with Gasteiger partial charge < -0.3 is 4.57 Å². The van der Waals surface area contributed by atoms with Crippen molar-refractivity contribution in [3.8, 4) is 0 Å². The zero-order valence-electron chi connectivity index (χ0n) is 13.7. The van der Waals surface area contributed by atoms with E-state index in [1.807, 2.05) is 53.1 Å². The van der Waals surface area contributed by atoms with Crippen LogP contribution < -0.4 is 0 Å². The van der Waals surface area contributed by atoms with Gasteiger partial charge in [0.05, 0.1) is 22.3 Å². The Hall–Kier alpha value is -2.74. The molecule has 25 heavy (non-hydrogen) atoms. The number of hydrogen-bond acceptors (Lipinski definition) is 5. The van der Waals surface area contributed by atoms with Gasteiger partial charge in [0, 0.05) is 12.8 Å². The van der Waals surface area contributed by atoms with Gasteiger partial charge in [0.2, 0.25) is 0 Å². The predicted molar refractivity (Wildman–Crippen MR) is 96.1 cm³/mol. The molecule has 2 heterocycles. The smallest absolute Gasteiger partial charge is 0.149 e. The SMILES string of the molecule is CS(=O)(=O)CCn1c(Cn2nnc3ccccc32)nc2ccccc21. The molecule has 8 heteroatoms. The van der Waals surface area contributed by atoms with Crippen molar-refractivity contribution in [2.24, 2.45) is 0 Å². The highest BCUT2D eigenvalue weighted by Crippen LogP contribution is 2.18. The van der Waals surface area contributed by atoms with Crippen molar-refractivity contribution in [3.05, 3.63) is 54.4 Å². The summed E-state index contributed by atoms with van der Waals surface area (Å²) in [6.07, 6.45) is 1.25. The highest BCUT2D eigenvalue weighted by Gasteiger charge is 2.14. The number of aromatic nitrogens is 5. The highest BCUT2D eigenvalue weighted by atomic mass is 32.2. The van der Waals surface area contributed by atoms with E-state index in [2.05, 4.69) is 15.3 Å². The Labute approximate surface area is 144 Å². The lowest BCUT2D eigenvalue weighted by Crippen LogP contribution is -2.15. The van der Waals surface area contributed by atoms with Crippen molar-refractivity contribution in [2.75, 3.05) is 12.0 Å². The third kappa shape index (κ3) is 3.12. The lowest BCUT2D eigenvalue weighted by molar-refractivity contribution is 0.584. The van der Waals surface area contributed by atoms with Crippen LogP contribution >= 0.6 is 0 Å². The molecule has 0 spiro atoms. The van der Waals surface area contributed by atoms with E-state index < -0.39 is 9.84 Å². The molecule has 0 amide bonds. The maximum Gasteiger partial charge on any atom is 0.149 e. The molecule has 0 aliphatic rings. The summed E-state index contributed by atoms with van der Waals surface area (Å²) in [5, 5.41) is 8.37. The van der Waals surface area contributed by atoms with Crippen LogP contribution in [-0.2, 0) is 22.9 Å². The van der Waals surface area contributed by atoms with Crippen LogP contribution in [0.4, 0.5) is 0 Å². The Morgan fingerprint density at radius 3 is 2.40 bits per heavy atom. The largest absolute Gasteiger partial charge is 0.325 e. The van der Waals surface area contributed by atoms with Gasteiger partial charge in [0.15, 0.2) is 0 Å². The van der Waals surface area contributed by atoms with Gasteiger partial charge in [-0.25, -0.2) is 18.1 Å². The Bertz CT molecular complexity index is 1160. The van der Waals surface area contributed by atoms with Crippen molar-refractivity contribution < 1.29 is 8.42 Å². The molecular formula is C17H17N5O2S. The van der Waals surface area contributed by atoms with Gasteiger partial charge in [-0.2, -0.15) is 0 Å². The molecule has 2 aromatic carbocycles. The molecular weight excluding hydrogens is 338 g/mol. The molecule has 4 aromatic rings. The van der Waals surface area contributed by atoms with E-state index in [0.717, 1.165) is 27.9 Å². The van der Waals surface area contributed by atoms with Gasteiger partial charge in [0.1, 0.15) is 27.7 Å². The van der Waals surface area contributed by atoms with Gasteiger partial charge >= 0.3 is 0 Å². The van der Waals surface area contributed by atoms with E-state index in [-0.39, 0.29) is 5.75 Å². The van der Waals surface area contributed by atoms with E-state index in [4.69, 9.17) is 0 Å². The van der Waals surface area contributed by atoms with Crippen molar-refractivity contribution in [1.29, 1.82) is 0 Å². The molecule has 0 unspecified atom stereocenters. The van der Waals surface area contributed by atoms with E-state index in [0.29, 0.717) is 13.1 Å². The van der Waals surface area contributed by atoms with Crippen LogP contribution in [0.3, 0.4) is 0 Å². The van der Waals surface area contributed by atoms with Crippen LogP contribution in [0.5, 0.6) is 0 Å². The molecule has 4 rings (SSSR count). The Kier molecular flexibility index (Phi) is 3.76. The van der Waals surface area contributed by atoms with Gasteiger partial charge in [-0.15, -0.1) is 5.10 Å². The predicted octanol–water partition coefficient (Wildman–Crippen LogP) is 1.87. The highest BCUT2D eigenvalue weighted by molar-refractivity contribution is 7.90. The quantitative estimate of drug-likeness (QED) is 0.546. The number of rotatable bonds is 5. The van der Waals surface area contributed by atoms with E-state index in [9.17, 15) is 8.42 Å². The Morgan fingerprint density at radius 2 is 1.64 bits per heavy atom. The normalized spacial score (nSPS) is 12.2. The minimum Gasteiger partial charge on any atom is -0.325 e. The number of sulfone groups is 1. The first-order valence-corrected chi connectivity index (χ1v) is 9.97. The first kappa shape index (κ1) is 15.8. The first-order chi connectivity index (χ1) is 12.0. The number of hydrogen-bond donors (Lipinski definition) is 0. The minimum absolute atomic E-state index is 0.0679. The first-order valence-electron chi connectivity index (χ1n) is 7.91. The van der Waals surface area contributed by atoms with Crippen LogP contribution in [0, 0.1) is 0 Å². The molecule has 0 aliphatic carbocycles. The molecule has 7 nitrogen and oxygen atoms in total. The average Bonchev–Trinajstić information content (AvgIpc) is 3.14. The van der Waals surface area contributed by atoms with Crippen LogP contribution in [0.15, 0.2) is 48.5 Å². The second kappa shape index (κ2) is 5.96. The monoisotopic (exact) mass is 355 g/mol. The molecule has 2 aromatic heterocycles. The number of benzene rings is 2. The lowest BCUT2D eigenvalue weighted by atomic mass is 10.3. The van der Waals surface area contributed by atoms with Crippen LogP contribution in [0.25, 0.3) is 22.1 Å². The summed E-state index contributed by atoms with van der Waals surface area (Å²) < 4.78 is 26.9. The van der Waals surface area contributed by atoms with Crippen molar-refractivity contribution in [2.45, 2.75) is 13.1 Å². The number of para-hydroxylation sites is 3. The summed E-state index contributed by atoms with van der Waals surface area (Å²) in [6, 6.07) is 15.4. The lowest BCUT2D eigenvalue weighted by Gasteiger charge is -2.09. The summed E-state index contributed by atoms with van der Waals surface area (Å²) in [5.74, 6) is 0.832. The average molecular weight is 355 g/mol. The van der Waals surface area contributed by atoms with Gasteiger partial charge in [-0.05, 0) is 24.3 Å². The molecule has 0 fully saturated rings. The number of fused-ring (bicyclic) bond motifs is 2. The van der Waals surface area contributed by atoms with Crippen LogP contribution in [0.2, 0.25) is 0 Å². The fraction of sp³-hybridized carbons (Fsp3) is 0.235. The molecule has 0 saturated carbocycles. The van der Waals surface area contributed by atoms with Crippen molar-refractivity contribution in [1.82, 2.24) is 24.5 Å². The molecule has 0 aliphatic heterocycles. The topological polar surface area (TPSA) is 82.7 Å². The molecule has 0 N–H and O–H groups in total. The molecule has 128 valence electrons. The maximum absolute atomic E-state index is 11.6. The number of aryl methyl sites for hydroxylation is 1. The van der Waals surface area contributed by atoms with E-state index in [1.165, 1.54) is 6.26 Å². The van der Waals surface area contributed by atoms with Gasteiger partial charge in [0.25, 0.3) is 0 Å². The summed E-state index contributed by atoms with van der Waals surface area (Å²) >= 11 is 0. The Morgan fingerprint density at radius 1 is 0.960 bits per heavy atom. The summed E-state index contributed by atoms with van der Waals surface area (Å²) in [5.41, 5.74) is 3.51.